The van der Waals surface area contributed by atoms with E-state index >= 15 is 0 Å². The first-order chi connectivity index (χ1) is 9.45. The molecule has 2 N–H and O–H groups in total. The van der Waals surface area contributed by atoms with Crippen LogP contribution in [0.2, 0.25) is 0 Å². The van der Waals surface area contributed by atoms with Gasteiger partial charge in [-0.3, -0.25) is 0 Å². The van der Waals surface area contributed by atoms with Crippen molar-refractivity contribution in [3.63, 3.8) is 0 Å². The summed E-state index contributed by atoms with van der Waals surface area (Å²) in [6.45, 7) is 8.25. The van der Waals surface area contributed by atoms with Crippen LogP contribution in [0.4, 0.5) is 0 Å². The van der Waals surface area contributed by atoms with Crippen LogP contribution in [0.5, 0.6) is 5.75 Å². The third-order valence-electron chi connectivity index (χ3n) is 3.21. The highest BCUT2D eigenvalue weighted by molar-refractivity contribution is 5.38. The van der Waals surface area contributed by atoms with E-state index in [4.69, 9.17) is 10.5 Å². The van der Waals surface area contributed by atoms with E-state index in [0.29, 0.717) is 0 Å². The number of nitrogens with two attached hydrogens (primary N) is 1. The van der Waals surface area contributed by atoms with Crippen molar-refractivity contribution in [2.75, 3.05) is 0 Å². The van der Waals surface area contributed by atoms with Gasteiger partial charge in [0.1, 0.15) is 5.75 Å². The summed E-state index contributed by atoms with van der Waals surface area (Å²) < 4.78 is 5.65. The van der Waals surface area contributed by atoms with Crippen molar-refractivity contribution in [2.45, 2.75) is 39.8 Å². The minimum atomic E-state index is -0.0956. The fourth-order valence-corrected chi connectivity index (χ4v) is 2.41. The number of hydrogen-bond acceptors (Lipinski definition) is 2. The van der Waals surface area contributed by atoms with Crippen LogP contribution in [0.1, 0.15) is 42.1 Å². The van der Waals surface area contributed by atoms with Crippen LogP contribution in [-0.4, -0.2) is 6.10 Å². The van der Waals surface area contributed by atoms with Gasteiger partial charge in [0.05, 0.1) is 12.1 Å². The average Bonchev–Trinajstić information content (AvgIpc) is 2.37. The van der Waals surface area contributed by atoms with Gasteiger partial charge in [0.15, 0.2) is 0 Å². The molecule has 0 heterocycles. The average molecular weight is 269 g/mol. The highest BCUT2D eigenvalue weighted by Crippen LogP contribution is 2.24. The molecule has 2 aromatic rings. The zero-order valence-corrected chi connectivity index (χ0v) is 12.7. The molecule has 0 radical (unpaired) electrons. The molecule has 0 bridgehead atoms. The Balaban J connectivity index is 2.22. The predicted molar refractivity (Wildman–Crippen MR) is 84.2 cm³/mol. The largest absolute Gasteiger partial charge is 0.491 e. The Bertz CT molecular complexity index is 552. The number of ether oxygens (including phenoxy) is 1. The van der Waals surface area contributed by atoms with E-state index in [0.717, 1.165) is 16.9 Å². The lowest BCUT2D eigenvalue weighted by Gasteiger charge is -2.16. The van der Waals surface area contributed by atoms with Crippen molar-refractivity contribution in [1.82, 2.24) is 0 Å². The lowest BCUT2D eigenvalue weighted by Crippen LogP contribution is -2.12. The van der Waals surface area contributed by atoms with Gasteiger partial charge in [0.25, 0.3) is 0 Å². The van der Waals surface area contributed by atoms with Crippen LogP contribution in [0.3, 0.4) is 0 Å². The Labute approximate surface area is 121 Å². The molecule has 0 aliphatic rings. The smallest absolute Gasteiger partial charge is 0.119 e. The molecule has 0 fully saturated rings. The summed E-state index contributed by atoms with van der Waals surface area (Å²) in [6.07, 6.45) is 0.189. The molecule has 2 heteroatoms. The van der Waals surface area contributed by atoms with Crippen molar-refractivity contribution < 1.29 is 4.74 Å². The zero-order valence-electron chi connectivity index (χ0n) is 12.7. The molecular weight excluding hydrogens is 246 g/mol. The Morgan fingerprint density at radius 1 is 0.850 bits per heavy atom. The molecule has 0 saturated heterocycles. The summed E-state index contributed by atoms with van der Waals surface area (Å²) in [5.41, 5.74) is 11.1. The first-order valence-electron chi connectivity index (χ1n) is 7.06. The van der Waals surface area contributed by atoms with Crippen LogP contribution in [-0.2, 0) is 0 Å². The van der Waals surface area contributed by atoms with Gasteiger partial charge in [-0.1, -0.05) is 41.5 Å². The maximum atomic E-state index is 6.36. The number of aryl methyl sites for hydroxylation is 2. The molecule has 0 aliphatic carbocycles. The molecule has 0 saturated carbocycles. The molecule has 1 unspecified atom stereocenters. The molecule has 0 amide bonds. The van der Waals surface area contributed by atoms with E-state index in [9.17, 15) is 0 Å². The topological polar surface area (TPSA) is 35.2 Å². The highest BCUT2D eigenvalue weighted by Gasteiger charge is 2.10. The van der Waals surface area contributed by atoms with Crippen LogP contribution >= 0.6 is 0 Å². The Hall–Kier alpha value is -1.80. The van der Waals surface area contributed by atoms with E-state index in [1.165, 1.54) is 11.1 Å². The summed E-state index contributed by atoms with van der Waals surface area (Å²) in [5, 5.41) is 0. The van der Waals surface area contributed by atoms with Crippen LogP contribution in [0.25, 0.3) is 0 Å². The first kappa shape index (κ1) is 14.6. The summed E-state index contributed by atoms with van der Waals surface area (Å²) in [5.74, 6) is 0.886. The van der Waals surface area contributed by atoms with Crippen molar-refractivity contribution in [1.29, 1.82) is 0 Å². The van der Waals surface area contributed by atoms with Crippen LogP contribution in [0.15, 0.2) is 42.5 Å². The molecule has 20 heavy (non-hydrogen) atoms. The van der Waals surface area contributed by atoms with E-state index in [1.807, 2.05) is 38.1 Å². The lowest BCUT2D eigenvalue weighted by molar-refractivity contribution is 0.242. The third kappa shape index (κ3) is 3.61. The van der Waals surface area contributed by atoms with Gasteiger partial charge in [0.2, 0.25) is 0 Å². The highest BCUT2D eigenvalue weighted by atomic mass is 16.5. The minimum absolute atomic E-state index is 0.0956. The minimum Gasteiger partial charge on any atom is -0.491 e. The fourth-order valence-electron chi connectivity index (χ4n) is 2.41. The molecule has 2 aromatic carbocycles. The SMILES string of the molecule is Cc1cc(C)cc(C(N)c2ccc(OC(C)C)cc2)c1. The van der Waals surface area contributed by atoms with E-state index in [1.54, 1.807) is 0 Å². The quantitative estimate of drug-likeness (QED) is 0.905. The first-order valence-corrected chi connectivity index (χ1v) is 7.06. The normalized spacial score (nSPS) is 12.5. The molecule has 1 atom stereocenters. The molecule has 0 aliphatic heterocycles. The van der Waals surface area contributed by atoms with Crippen LogP contribution in [0, 0.1) is 13.8 Å². The van der Waals surface area contributed by atoms with Crippen molar-refractivity contribution in [3.05, 3.63) is 64.7 Å². The molecule has 2 rings (SSSR count). The number of rotatable bonds is 4. The summed E-state index contributed by atoms with van der Waals surface area (Å²) in [6, 6.07) is 14.4. The van der Waals surface area contributed by atoms with Gasteiger partial charge < -0.3 is 10.5 Å². The number of benzene rings is 2. The van der Waals surface area contributed by atoms with Gasteiger partial charge >= 0.3 is 0 Å². The summed E-state index contributed by atoms with van der Waals surface area (Å²) in [7, 11) is 0. The van der Waals surface area contributed by atoms with Gasteiger partial charge in [-0.15, -0.1) is 0 Å². The summed E-state index contributed by atoms with van der Waals surface area (Å²) in [4.78, 5) is 0. The second-order valence-corrected chi connectivity index (χ2v) is 5.63. The molecule has 106 valence electrons. The summed E-state index contributed by atoms with van der Waals surface area (Å²) >= 11 is 0. The van der Waals surface area contributed by atoms with Gasteiger partial charge in [-0.05, 0) is 51.0 Å². The Morgan fingerprint density at radius 3 is 1.90 bits per heavy atom. The van der Waals surface area contributed by atoms with E-state index in [-0.39, 0.29) is 12.1 Å². The second-order valence-electron chi connectivity index (χ2n) is 5.63. The molecule has 2 nitrogen and oxygen atoms in total. The molecule has 0 spiro atoms. The second kappa shape index (κ2) is 6.10. The monoisotopic (exact) mass is 269 g/mol. The maximum absolute atomic E-state index is 6.36. The standard InChI is InChI=1S/C18H23NO/c1-12(2)20-17-7-5-15(6-8-17)18(19)16-10-13(3)9-14(4)11-16/h5-12,18H,19H2,1-4H3. The van der Waals surface area contributed by atoms with Gasteiger partial charge in [0, 0.05) is 0 Å². The van der Waals surface area contributed by atoms with E-state index in [2.05, 4.69) is 32.0 Å². The van der Waals surface area contributed by atoms with Crippen molar-refractivity contribution >= 4 is 0 Å². The van der Waals surface area contributed by atoms with Crippen molar-refractivity contribution in [2.24, 2.45) is 5.73 Å². The molecular formula is C18H23NO. The van der Waals surface area contributed by atoms with E-state index < -0.39 is 0 Å². The third-order valence-corrected chi connectivity index (χ3v) is 3.21. The Morgan fingerprint density at radius 2 is 1.40 bits per heavy atom. The Kier molecular flexibility index (Phi) is 4.46. The van der Waals surface area contributed by atoms with Gasteiger partial charge in [-0.25, -0.2) is 0 Å². The molecule has 0 aromatic heterocycles. The van der Waals surface area contributed by atoms with Crippen molar-refractivity contribution in [3.8, 4) is 5.75 Å². The zero-order chi connectivity index (χ0) is 14.7. The van der Waals surface area contributed by atoms with Crippen LogP contribution < -0.4 is 10.5 Å². The lowest BCUT2D eigenvalue weighted by atomic mass is 9.96. The predicted octanol–water partition coefficient (Wildman–Crippen LogP) is 4.14. The maximum Gasteiger partial charge on any atom is 0.119 e. The fraction of sp³-hybridized carbons (Fsp3) is 0.333. The van der Waals surface area contributed by atoms with Gasteiger partial charge in [-0.2, -0.15) is 0 Å². The number of hydrogen-bond donors (Lipinski definition) is 1.